The predicted octanol–water partition coefficient (Wildman–Crippen LogP) is -4.12. The fraction of sp³-hybridized carbons (Fsp3) is 0.500. The van der Waals surface area contributed by atoms with E-state index in [1.165, 1.54) is 0 Å². The first-order valence-corrected chi connectivity index (χ1v) is 14.2. The SMILES string of the molecule is O=C1[O][Sb]23[O]C(=O)[C@H]([O]2)[C@H]2[O][Sb]4([O]C(=O)[C@H]([O]4)[C@H]1[O]3)[O]C2=O.[K].[K]. The van der Waals surface area contributed by atoms with Gasteiger partial charge in [0.15, 0.2) is 0 Å². The molecule has 0 saturated carbocycles. The zero-order chi connectivity index (χ0) is 15.3. The van der Waals surface area contributed by atoms with Crippen molar-refractivity contribution in [2.24, 2.45) is 0 Å². The van der Waals surface area contributed by atoms with Crippen LogP contribution in [0.5, 0.6) is 0 Å². The fourth-order valence-electron chi connectivity index (χ4n) is 2.35. The van der Waals surface area contributed by atoms with E-state index in [9.17, 15) is 19.2 Å². The van der Waals surface area contributed by atoms with E-state index in [1.54, 1.807) is 0 Å². The van der Waals surface area contributed by atoms with Gasteiger partial charge in [0.05, 0.1) is 0 Å². The van der Waals surface area contributed by atoms with Crippen molar-refractivity contribution in [3.8, 4) is 0 Å². The molecule has 5 saturated heterocycles. The number of hydrogen-bond donors (Lipinski definition) is 0. The molecule has 5 fully saturated rings. The van der Waals surface area contributed by atoms with Crippen molar-refractivity contribution in [1.29, 1.82) is 0 Å². The number of carbonyl (C=O) groups excluding carboxylic acids is 4. The van der Waals surface area contributed by atoms with Crippen LogP contribution in [-0.2, 0) is 43.3 Å². The smallest absolute Gasteiger partial charge is 0 e. The molecule has 24 heavy (non-hydrogen) atoms. The Bertz CT molecular complexity index is 557. The van der Waals surface area contributed by atoms with Gasteiger partial charge in [-0.2, -0.15) is 0 Å². The van der Waals surface area contributed by atoms with Gasteiger partial charge >= 0.3 is 133 Å². The molecule has 0 aromatic carbocycles. The summed E-state index contributed by atoms with van der Waals surface area (Å²) in [6, 6.07) is 0. The zero-order valence-electron chi connectivity index (χ0n) is 12.1. The molecule has 16 heteroatoms. The van der Waals surface area contributed by atoms with Gasteiger partial charge in [-0.1, -0.05) is 0 Å². The third-order valence-corrected chi connectivity index (χ3v) is 13.4. The predicted molar refractivity (Wildman–Crippen MR) is 66.9 cm³/mol. The van der Waals surface area contributed by atoms with Crippen LogP contribution in [0.2, 0.25) is 0 Å². The molecule has 0 N–H and O–H groups in total. The molecular formula is C8H4K2O12Sb2. The molecule has 6 bridgehead atoms. The fourth-order valence-corrected chi connectivity index (χ4v) is 13.0. The standard InChI is InChI=1S/2C4H4O6.2K.2Sb/c2*5-1(3(7)8)2(6)4(9)10;;;;/h2*1-2H,(H,7,8)(H,9,10);;;;/q2*-2;;;2*+4/p-4/t2*1-,2-;;;;/m11..../s1. The van der Waals surface area contributed by atoms with Gasteiger partial charge in [0, 0.05) is 103 Å². The Balaban J connectivity index is 0.000000845. The summed E-state index contributed by atoms with van der Waals surface area (Å²) in [5.41, 5.74) is 0. The summed E-state index contributed by atoms with van der Waals surface area (Å²) >= 11 is -9.74. The van der Waals surface area contributed by atoms with E-state index in [4.69, 9.17) is 24.1 Å². The summed E-state index contributed by atoms with van der Waals surface area (Å²) in [6.07, 6.45) is -6.06. The summed E-state index contributed by atoms with van der Waals surface area (Å²) in [6.45, 7) is 0. The van der Waals surface area contributed by atoms with Crippen LogP contribution in [0, 0.1) is 0 Å². The van der Waals surface area contributed by atoms with Crippen LogP contribution >= 0.6 is 0 Å². The molecule has 0 aromatic heterocycles. The van der Waals surface area contributed by atoms with E-state index in [2.05, 4.69) is 0 Å². The first-order valence-electron chi connectivity index (χ1n) is 5.86. The molecule has 5 aliphatic rings. The number of hydrogen-bond acceptors (Lipinski definition) is 12. The summed E-state index contributed by atoms with van der Waals surface area (Å²) in [4.78, 5) is 47.6. The second-order valence-corrected chi connectivity index (χ2v) is 14.2. The first-order chi connectivity index (χ1) is 10.4. The van der Waals surface area contributed by atoms with Gasteiger partial charge < -0.3 is 0 Å². The average Bonchev–Trinajstić information content (AvgIpc) is 3.09. The van der Waals surface area contributed by atoms with Gasteiger partial charge in [-0.05, 0) is 0 Å². The molecule has 0 amide bonds. The molecule has 4 atom stereocenters. The van der Waals surface area contributed by atoms with Crippen LogP contribution in [-0.4, -0.2) is 192 Å². The molecule has 5 rings (SSSR count). The van der Waals surface area contributed by atoms with E-state index < -0.39 is 89.3 Å². The molecule has 0 aromatic rings. The van der Waals surface area contributed by atoms with Gasteiger partial charge in [-0.3, -0.25) is 0 Å². The topological polar surface area (TPSA) is 142 Å². The molecule has 5 aliphatic heterocycles. The van der Waals surface area contributed by atoms with Gasteiger partial charge in [0.2, 0.25) is 0 Å². The summed E-state index contributed by atoms with van der Waals surface area (Å²) in [5.74, 6) is -3.86. The van der Waals surface area contributed by atoms with E-state index in [-0.39, 0.29) is 103 Å². The van der Waals surface area contributed by atoms with Crippen molar-refractivity contribution in [3.05, 3.63) is 0 Å². The normalized spacial score (nSPS) is 47.0. The van der Waals surface area contributed by atoms with Crippen molar-refractivity contribution in [2.75, 3.05) is 0 Å². The molecule has 2 spiro atoms. The number of carbonyl (C=O) groups is 4. The summed E-state index contributed by atoms with van der Waals surface area (Å²) in [7, 11) is 0. The second-order valence-electron chi connectivity index (χ2n) is 4.64. The van der Waals surface area contributed by atoms with Gasteiger partial charge in [-0.15, -0.1) is 0 Å². The van der Waals surface area contributed by atoms with Crippen molar-refractivity contribution >= 4 is 168 Å². The van der Waals surface area contributed by atoms with Crippen LogP contribution < -0.4 is 0 Å². The van der Waals surface area contributed by atoms with Crippen molar-refractivity contribution < 1.29 is 43.3 Å². The minimum Gasteiger partial charge on any atom is 0 e. The van der Waals surface area contributed by atoms with Crippen LogP contribution in [0.4, 0.5) is 0 Å². The zero-order valence-corrected chi connectivity index (χ0v) is 23.5. The molecule has 120 valence electrons. The Hall–Kier alpha value is 2.63. The maximum absolute atomic E-state index is 11.9. The summed E-state index contributed by atoms with van der Waals surface area (Å²) in [5, 5.41) is 0. The van der Waals surface area contributed by atoms with E-state index >= 15 is 0 Å². The Morgan fingerprint density at radius 2 is 0.708 bits per heavy atom. The molecular weight excluding hydrogens is 610 g/mol. The second kappa shape index (κ2) is 7.15. The van der Waals surface area contributed by atoms with Crippen molar-refractivity contribution in [3.63, 3.8) is 0 Å². The van der Waals surface area contributed by atoms with Crippen molar-refractivity contribution in [1.82, 2.24) is 0 Å². The van der Waals surface area contributed by atoms with E-state index in [0.29, 0.717) is 0 Å². The number of fused-ring (bicyclic) bond motifs is 6. The monoisotopic (exact) mass is 612 g/mol. The van der Waals surface area contributed by atoms with Crippen LogP contribution in [0.3, 0.4) is 0 Å². The molecule has 4 radical (unpaired) electrons. The molecule has 12 nitrogen and oxygen atoms in total. The van der Waals surface area contributed by atoms with E-state index in [0.717, 1.165) is 0 Å². The van der Waals surface area contributed by atoms with Gasteiger partial charge in [0.1, 0.15) is 0 Å². The van der Waals surface area contributed by atoms with Crippen LogP contribution in [0.25, 0.3) is 0 Å². The van der Waals surface area contributed by atoms with Gasteiger partial charge in [-0.25, -0.2) is 0 Å². The molecule has 0 aliphatic carbocycles. The third kappa shape index (κ3) is 3.10. The molecule has 5 heterocycles. The largest absolute Gasteiger partial charge is 0 e. The quantitative estimate of drug-likeness (QED) is 0.245. The number of rotatable bonds is 0. The van der Waals surface area contributed by atoms with E-state index in [1.807, 2.05) is 0 Å². The minimum absolute atomic E-state index is 0. The Kier molecular flexibility index (Phi) is 6.36. The first kappa shape index (κ1) is 21.3. The van der Waals surface area contributed by atoms with Crippen LogP contribution in [0.15, 0.2) is 0 Å². The molecule has 0 unspecified atom stereocenters. The van der Waals surface area contributed by atoms with Crippen molar-refractivity contribution in [2.45, 2.75) is 24.4 Å². The maximum atomic E-state index is 11.9. The van der Waals surface area contributed by atoms with Gasteiger partial charge in [0.25, 0.3) is 0 Å². The van der Waals surface area contributed by atoms with Crippen LogP contribution in [0.1, 0.15) is 0 Å². The average molecular weight is 614 g/mol. The minimum atomic E-state index is -4.87. The maximum Gasteiger partial charge on any atom is 0 e. The Morgan fingerprint density at radius 3 is 0.917 bits per heavy atom. The summed E-state index contributed by atoms with van der Waals surface area (Å²) < 4.78 is 41.0. The Labute approximate surface area is 230 Å². The third-order valence-electron chi connectivity index (χ3n) is 3.26. The Morgan fingerprint density at radius 1 is 0.500 bits per heavy atom.